The molecule has 0 saturated carbocycles. The number of hydrogen-bond acceptors (Lipinski definition) is 5. The molecule has 0 aliphatic carbocycles. The summed E-state index contributed by atoms with van der Waals surface area (Å²) < 4.78 is 9.28. The highest BCUT2D eigenvalue weighted by atomic mass is 16.6. The summed E-state index contributed by atoms with van der Waals surface area (Å²) in [5.41, 5.74) is -2.96. The lowest BCUT2D eigenvalue weighted by atomic mass is 10.0. The van der Waals surface area contributed by atoms with Gasteiger partial charge in [-0.15, -0.1) is 0 Å². The molecule has 0 heterocycles. The molecule has 0 saturated heterocycles. The minimum absolute atomic E-state index is 0.0887. The molecule has 0 aromatic rings. The summed E-state index contributed by atoms with van der Waals surface area (Å²) in [5.74, 6) is -1.98. The van der Waals surface area contributed by atoms with Crippen LogP contribution in [0.25, 0.3) is 0 Å². The summed E-state index contributed by atoms with van der Waals surface area (Å²) in [6, 6.07) is 0. The Balaban J connectivity index is 4.82. The number of carbonyl (C=O) groups excluding carboxylic acids is 2. The van der Waals surface area contributed by atoms with Gasteiger partial charge in [0.2, 0.25) is 0 Å². The molecule has 0 aliphatic heterocycles. The molecule has 1 N–H and O–H groups in total. The van der Waals surface area contributed by atoms with Crippen LogP contribution in [-0.4, -0.2) is 35.4 Å². The molecule has 5 nitrogen and oxygen atoms in total. The van der Waals surface area contributed by atoms with E-state index in [-0.39, 0.29) is 6.42 Å². The maximum absolute atomic E-state index is 11.5. The van der Waals surface area contributed by atoms with Crippen molar-refractivity contribution in [2.24, 2.45) is 0 Å². The maximum Gasteiger partial charge on any atom is 0.350 e. The third kappa shape index (κ3) is 3.51. The minimum atomic E-state index is -2.21. The standard InChI is InChI=1S/C10H18O5/c1-6-10(13,7(11)14-5)8(12)15-9(2,3)4/h13H,6H2,1-5H3/t10-/m0/s1. The number of rotatable bonds is 3. The highest BCUT2D eigenvalue weighted by Gasteiger charge is 2.46. The number of aliphatic hydroxyl groups is 1. The van der Waals surface area contributed by atoms with Crippen LogP contribution in [0, 0.1) is 0 Å². The molecule has 88 valence electrons. The van der Waals surface area contributed by atoms with E-state index in [1.165, 1.54) is 6.92 Å². The highest BCUT2D eigenvalue weighted by Crippen LogP contribution is 2.18. The van der Waals surface area contributed by atoms with E-state index in [9.17, 15) is 14.7 Å². The number of methoxy groups -OCH3 is 1. The largest absolute Gasteiger partial charge is 0.466 e. The van der Waals surface area contributed by atoms with Gasteiger partial charge in [-0.25, -0.2) is 9.59 Å². The third-order valence-corrected chi connectivity index (χ3v) is 1.77. The van der Waals surface area contributed by atoms with E-state index in [4.69, 9.17) is 4.74 Å². The van der Waals surface area contributed by atoms with Gasteiger partial charge in [-0.2, -0.15) is 0 Å². The fourth-order valence-electron chi connectivity index (χ4n) is 0.903. The number of hydrogen-bond donors (Lipinski definition) is 1. The number of esters is 2. The van der Waals surface area contributed by atoms with Crippen molar-refractivity contribution in [3.63, 3.8) is 0 Å². The quantitative estimate of drug-likeness (QED) is 0.556. The second kappa shape index (κ2) is 4.61. The average molecular weight is 218 g/mol. The van der Waals surface area contributed by atoms with Crippen LogP contribution >= 0.6 is 0 Å². The van der Waals surface area contributed by atoms with E-state index in [0.717, 1.165) is 7.11 Å². The van der Waals surface area contributed by atoms with Gasteiger partial charge in [-0.1, -0.05) is 6.92 Å². The second-order valence-corrected chi connectivity index (χ2v) is 4.21. The van der Waals surface area contributed by atoms with Crippen molar-refractivity contribution < 1.29 is 24.2 Å². The molecular weight excluding hydrogens is 200 g/mol. The first kappa shape index (κ1) is 13.9. The fraction of sp³-hybridized carbons (Fsp3) is 0.800. The first-order valence-corrected chi connectivity index (χ1v) is 4.71. The van der Waals surface area contributed by atoms with Crippen LogP contribution < -0.4 is 0 Å². The van der Waals surface area contributed by atoms with Crippen molar-refractivity contribution in [1.82, 2.24) is 0 Å². The van der Waals surface area contributed by atoms with Crippen molar-refractivity contribution >= 4 is 11.9 Å². The molecule has 5 heteroatoms. The molecule has 0 fully saturated rings. The molecule has 0 aliphatic rings. The van der Waals surface area contributed by atoms with Crippen molar-refractivity contribution in [3.05, 3.63) is 0 Å². The van der Waals surface area contributed by atoms with E-state index < -0.39 is 23.1 Å². The molecule has 15 heavy (non-hydrogen) atoms. The lowest BCUT2D eigenvalue weighted by molar-refractivity contribution is -0.189. The van der Waals surface area contributed by atoms with Crippen molar-refractivity contribution in [1.29, 1.82) is 0 Å². The lowest BCUT2D eigenvalue weighted by Gasteiger charge is -2.27. The van der Waals surface area contributed by atoms with Crippen LogP contribution in [-0.2, 0) is 19.1 Å². The topological polar surface area (TPSA) is 72.8 Å². The Labute approximate surface area is 89.4 Å². The zero-order valence-electron chi connectivity index (χ0n) is 9.79. The predicted octanol–water partition coefficient (Wildman–Crippen LogP) is 0.642. The summed E-state index contributed by atoms with van der Waals surface area (Å²) >= 11 is 0. The second-order valence-electron chi connectivity index (χ2n) is 4.21. The predicted molar refractivity (Wildman–Crippen MR) is 53.1 cm³/mol. The normalized spacial score (nSPS) is 15.3. The van der Waals surface area contributed by atoms with Crippen LogP contribution in [0.15, 0.2) is 0 Å². The Kier molecular flexibility index (Phi) is 4.27. The molecule has 0 spiro atoms. The molecule has 0 unspecified atom stereocenters. The van der Waals surface area contributed by atoms with Crippen molar-refractivity contribution in [2.45, 2.75) is 45.3 Å². The number of carbonyl (C=O) groups is 2. The van der Waals surface area contributed by atoms with Gasteiger partial charge in [0.25, 0.3) is 5.60 Å². The van der Waals surface area contributed by atoms with E-state index in [0.29, 0.717) is 0 Å². The van der Waals surface area contributed by atoms with E-state index in [2.05, 4.69) is 4.74 Å². The van der Waals surface area contributed by atoms with E-state index in [1.54, 1.807) is 20.8 Å². The molecule has 0 amide bonds. The summed E-state index contributed by atoms with van der Waals surface area (Å²) in [7, 11) is 1.10. The molecule has 1 atom stereocenters. The molecule has 0 aromatic heterocycles. The molecule has 0 rings (SSSR count). The molecule has 0 radical (unpaired) electrons. The van der Waals surface area contributed by atoms with Gasteiger partial charge in [-0.3, -0.25) is 0 Å². The summed E-state index contributed by atoms with van der Waals surface area (Å²) in [5, 5.41) is 9.77. The van der Waals surface area contributed by atoms with Crippen LogP contribution in [0.1, 0.15) is 34.1 Å². The third-order valence-electron chi connectivity index (χ3n) is 1.77. The Hall–Kier alpha value is -1.10. The van der Waals surface area contributed by atoms with E-state index in [1.807, 2.05) is 0 Å². The minimum Gasteiger partial charge on any atom is -0.466 e. The highest BCUT2D eigenvalue weighted by molar-refractivity contribution is 6.03. The van der Waals surface area contributed by atoms with Crippen LogP contribution in [0.3, 0.4) is 0 Å². The van der Waals surface area contributed by atoms with Crippen LogP contribution in [0.5, 0.6) is 0 Å². The van der Waals surface area contributed by atoms with Gasteiger partial charge in [-0.05, 0) is 27.2 Å². The van der Waals surface area contributed by atoms with Crippen molar-refractivity contribution in [3.8, 4) is 0 Å². The molecule has 0 bridgehead atoms. The first-order chi connectivity index (χ1) is 6.67. The zero-order chi connectivity index (χ0) is 12.3. The first-order valence-electron chi connectivity index (χ1n) is 4.71. The van der Waals surface area contributed by atoms with Gasteiger partial charge in [0, 0.05) is 0 Å². The van der Waals surface area contributed by atoms with Gasteiger partial charge < -0.3 is 14.6 Å². The Morgan fingerprint density at radius 3 is 1.93 bits per heavy atom. The maximum atomic E-state index is 11.5. The fourth-order valence-corrected chi connectivity index (χ4v) is 0.903. The van der Waals surface area contributed by atoms with E-state index >= 15 is 0 Å². The van der Waals surface area contributed by atoms with Gasteiger partial charge >= 0.3 is 11.9 Å². The van der Waals surface area contributed by atoms with Gasteiger partial charge in [0.05, 0.1) is 7.11 Å². The molecular formula is C10H18O5. The average Bonchev–Trinajstić information content (AvgIpc) is 2.12. The summed E-state index contributed by atoms with van der Waals surface area (Å²) in [6.07, 6.45) is -0.0887. The summed E-state index contributed by atoms with van der Waals surface area (Å²) in [6.45, 7) is 6.45. The Morgan fingerprint density at radius 2 is 1.67 bits per heavy atom. The van der Waals surface area contributed by atoms with Crippen LogP contribution in [0.2, 0.25) is 0 Å². The monoisotopic (exact) mass is 218 g/mol. The zero-order valence-corrected chi connectivity index (χ0v) is 9.79. The van der Waals surface area contributed by atoms with Gasteiger partial charge in [0.1, 0.15) is 5.60 Å². The SMILES string of the molecule is CC[C@](O)(C(=O)OC)C(=O)OC(C)(C)C. The summed E-state index contributed by atoms with van der Waals surface area (Å²) in [4.78, 5) is 22.8. The number of ether oxygens (including phenoxy) is 2. The van der Waals surface area contributed by atoms with Gasteiger partial charge in [0.15, 0.2) is 0 Å². The Morgan fingerprint density at radius 1 is 1.20 bits per heavy atom. The lowest BCUT2D eigenvalue weighted by Crippen LogP contribution is -2.50. The molecule has 0 aromatic carbocycles. The Bertz CT molecular complexity index is 253. The van der Waals surface area contributed by atoms with Crippen molar-refractivity contribution in [2.75, 3.05) is 7.11 Å². The van der Waals surface area contributed by atoms with Crippen LogP contribution in [0.4, 0.5) is 0 Å². The smallest absolute Gasteiger partial charge is 0.350 e.